The third kappa shape index (κ3) is 2.23. The van der Waals surface area contributed by atoms with Crippen molar-refractivity contribution in [2.24, 2.45) is 0 Å². The first kappa shape index (κ1) is 11.1. The topological polar surface area (TPSA) is 73.1 Å². The molecular formula is C9H7ClN2O3S. The Kier molecular flexibility index (Phi) is 2.69. The highest BCUT2D eigenvalue weighted by Gasteiger charge is 2.11. The average molecular weight is 259 g/mol. The number of aromatic nitrogens is 2. The van der Waals surface area contributed by atoms with Crippen LogP contribution in [-0.4, -0.2) is 18.6 Å². The van der Waals surface area contributed by atoms with Gasteiger partial charge in [0.25, 0.3) is 14.9 Å². The minimum Gasteiger partial charge on any atom is -0.334 e. The van der Waals surface area contributed by atoms with Crippen molar-refractivity contribution in [3.63, 3.8) is 0 Å². The van der Waals surface area contributed by atoms with Crippen LogP contribution >= 0.6 is 10.7 Å². The van der Waals surface area contributed by atoms with Crippen molar-refractivity contribution in [3.8, 4) is 11.5 Å². The molecule has 2 aromatic rings. The van der Waals surface area contributed by atoms with Crippen molar-refractivity contribution < 1.29 is 12.9 Å². The Hall–Kier alpha value is -1.40. The second kappa shape index (κ2) is 3.88. The highest BCUT2D eigenvalue weighted by Crippen LogP contribution is 2.21. The zero-order valence-corrected chi connectivity index (χ0v) is 9.79. The number of nitrogens with zero attached hydrogens (tertiary/aromatic N) is 2. The molecule has 84 valence electrons. The quantitative estimate of drug-likeness (QED) is 0.770. The predicted octanol–water partition coefficient (Wildman–Crippen LogP) is 1.97. The zero-order chi connectivity index (χ0) is 11.8. The number of benzene rings is 1. The lowest BCUT2D eigenvalue weighted by molar-refractivity contribution is 0.425. The summed E-state index contributed by atoms with van der Waals surface area (Å²) in [4.78, 5) is 4.05. The van der Waals surface area contributed by atoms with Gasteiger partial charge in [0.15, 0.2) is 5.82 Å². The Labute approximate surface area is 96.5 Å². The van der Waals surface area contributed by atoms with Crippen LogP contribution < -0.4 is 0 Å². The molecule has 16 heavy (non-hydrogen) atoms. The minimum atomic E-state index is -3.69. The Balaban J connectivity index is 2.40. The van der Waals surface area contributed by atoms with E-state index in [4.69, 9.17) is 15.2 Å². The van der Waals surface area contributed by atoms with E-state index in [-0.39, 0.29) is 4.90 Å². The summed E-state index contributed by atoms with van der Waals surface area (Å²) in [6, 6.07) is 5.89. The fraction of sp³-hybridized carbons (Fsp3) is 0.111. The van der Waals surface area contributed by atoms with Crippen LogP contribution in [0.25, 0.3) is 11.5 Å². The van der Waals surface area contributed by atoms with E-state index >= 15 is 0 Å². The van der Waals surface area contributed by atoms with Crippen molar-refractivity contribution >= 4 is 19.7 Å². The minimum absolute atomic E-state index is 0.0363. The van der Waals surface area contributed by atoms with Gasteiger partial charge in [0.2, 0.25) is 0 Å². The van der Waals surface area contributed by atoms with Crippen molar-refractivity contribution in [2.75, 3.05) is 0 Å². The third-order valence-corrected chi connectivity index (χ3v) is 3.28. The number of rotatable bonds is 2. The van der Waals surface area contributed by atoms with Gasteiger partial charge >= 0.3 is 0 Å². The van der Waals surface area contributed by atoms with Gasteiger partial charge in [-0.25, -0.2) is 8.42 Å². The summed E-state index contributed by atoms with van der Waals surface area (Å²) in [5.74, 6) is 0.861. The van der Waals surface area contributed by atoms with E-state index in [9.17, 15) is 8.42 Å². The smallest absolute Gasteiger partial charge is 0.261 e. The molecule has 0 saturated carbocycles. The first-order valence-electron chi connectivity index (χ1n) is 4.32. The van der Waals surface area contributed by atoms with Gasteiger partial charge < -0.3 is 4.52 Å². The predicted molar refractivity (Wildman–Crippen MR) is 57.5 cm³/mol. The Bertz CT molecular complexity index is 604. The molecule has 5 nitrogen and oxygen atoms in total. The molecule has 0 bridgehead atoms. The number of hydrogen-bond donors (Lipinski definition) is 0. The molecule has 0 saturated heterocycles. The summed E-state index contributed by atoms with van der Waals surface area (Å²) in [6.45, 7) is 1.70. The standard InChI is InChI=1S/C9H7ClN2O3S/c1-6-11-9(15-12-6)7-2-4-8(5-3-7)16(10,13)14/h2-5H,1H3. The first-order chi connectivity index (χ1) is 7.47. The molecule has 0 aliphatic heterocycles. The fourth-order valence-electron chi connectivity index (χ4n) is 1.17. The maximum Gasteiger partial charge on any atom is 0.261 e. The van der Waals surface area contributed by atoms with Gasteiger partial charge in [-0.1, -0.05) is 5.16 Å². The molecular weight excluding hydrogens is 252 g/mol. The maximum atomic E-state index is 11.0. The van der Waals surface area contributed by atoms with E-state index < -0.39 is 9.05 Å². The second-order valence-electron chi connectivity index (χ2n) is 3.11. The monoisotopic (exact) mass is 258 g/mol. The van der Waals surface area contributed by atoms with Crippen LogP contribution in [0, 0.1) is 6.92 Å². The van der Waals surface area contributed by atoms with Crippen molar-refractivity contribution in [1.82, 2.24) is 10.1 Å². The zero-order valence-electron chi connectivity index (χ0n) is 8.21. The lowest BCUT2D eigenvalue weighted by Gasteiger charge is -1.96. The number of aryl methyl sites for hydroxylation is 1. The summed E-state index contributed by atoms with van der Waals surface area (Å²) in [5.41, 5.74) is 0.643. The van der Waals surface area contributed by atoms with Gasteiger partial charge in [0, 0.05) is 16.2 Å². The summed E-state index contributed by atoms with van der Waals surface area (Å²) in [7, 11) is 1.49. The van der Waals surface area contributed by atoms with Gasteiger partial charge in [0.05, 0.1) is 4.90 Å². The summed E-state index contributed by atoms with van der Waals surface area (Å²) in [5, 5.41) is 3.63. The molecule has 0 unspecified atom stereocenters. The van der Waals surface area contributed by atoms with Crippen LogP contribution in [0.15, 0.2) is 33.7 Å². The molecule has 0 N–H and O–H groups in total. The van der Waals surface area contributed by atoms with Crippen molar-refractivity contribution in [2.45, 2.75) is 11.8 Å². The molecule has 7 heteroatoms. The highest BCUT2D eigenvalue weighted by atomic mass is 35.7. The Morgan fingerprint density at radius 1 is 1.25 bits per heavy atom. The fourth-order valence-corrected chi connectivity index (χ4v) is 1.94. The molecule has 2 rings (SSSR count). The lowest BCUT2D eigenvalue weighted by Crippen LogP contribution is -1.89. The second-order valence-corrected chi connectivity index (χ2v) is 5.67. The largest absolute Gasteiger partial charge is 0.334 e. The molecule has 0 radical (unpaired) electrons. The highest BCUT2D eigenvalue weighted by molar-refractivity contribution is 8.13. The van der Waals surface area contributed by atoms with E-state index in [0.717, 1.165) is 0 Å². The SMILES string of the molecule is Cc1noc(-c2ccc(S(=O)(=O)Cl)cc2)n1. The molecule has 0 aliphatic carbocycles. The molecule has 0 spiro atoms. The van der Waals surface area contributed by atoms with Crippen LogP contribution in [0.5, 0.6) is 0 Å². The normalized spacial score (nSPS) is 11.6. The number of hydrogen-bond acceptors (Lipinski definition) is 5. The Morgan fingerprint density at radius 2 is 1.88 bits per heavy atom. The van der Waals surface area contributed by atoms with Gasteiger partial charge in [-0.2, -0.15) is 4.98 Å². The van der Waals surface area contributed by atoms with Gasteiger partial charge in [-0.05, 0) is 31.2 Å². The van der Waals surface area contributed by atoms with E-state index in [2.05, 4.69) is 10.1 Å². The van der Waals surface area contributed by atoms with Crippen LogP contribution in [-0.2, 0) is 9.05 Å². The van der Waals surface area contributed by atoms with Crippen LogP contribution in [0.1, 0.15) is 5.82 Å². The molecule has 1 aromatic heterocycles. The molecule has 0 aliphatic rings. The summed E-state index contributed by atoms with van der Waals surface area (Å²) >= 11 is 0. The molecule has 1 aromatic carbocycles. The first-order valence-corrected chi connectivity index (χ1v) is 6.63. The Morgan fingerprint density at radius 3 is 2.31 bits per heavy atom. The van der Waals surface area contributed by atoms with Crippen molar-refractivity contribution in [1.29, 1.82) is 0 Å². The van der Waals surface area contributed by atoms with E-state index in [1.807, 2.05) is 0 Å². The third-order valence-electron chi connectivity index (χ3n) is 1.91. The van der Waals surface area contributed by atoms with Gasteiger partial charge in [0.1, 0.15) is 0 Å². The molecule has 1 heterocycles. The van der Waals surface area contributed by atoms with Gasteiger partial charge in [-0.3, -0.25) is 0 Å². The molecule has 0 fully saturated rings. The summed E-state index contributed by atoms with van der Waals surface area (Å²) < 4.78 is 26.9. The van der Waals surface area contributed by atoms with Crippen LogP contribution in [0.4, 0.5) is 0 Å². The van der Waals surface area contributed by atoms with Crippen LogP contribution in [0.2, 0.25) is 0 Å². The van der Waals surface area contributed by atoms with Crippen LogP contribution in [0.3, 0.4) is 0 Å². The van der Waals surface area contributed by atoms with Crippen molar-refractivity contribution in [3.05, 3.63) is 30.1 Å². The van der Waals surface area contributed by atoms with E-state index in [1.165, 1.54) is 12.1 Å². The lowest BCUT2D eigenvalue weighted by atomic mass is 10.2. The number of halogens is 1. The molecule has 0 amide bonds. The molecule has 0 atom stereocenters. The van der Waals surface area contributed by atoms with E-state index in [1.54, 1.807) is 19.1 Å². The van der Waals surface area contributed by atoms with Gasteiger partial charge in [-0.15, -0.1) is 0 Å². The summed E-state index contributed by atoms with van der Waals surface area (Å²) in [6.07, 6.45) is 0. The average Bonchev–Trinajstić information content (AvgIpc) is 2.64. The van der Waals surface area contributed by atoms with E-state index in [0.29, 0.717) is 17.3 Å². The maximum absolute atomic E-state index is 11.0.